The molecule has 0 aliphatic heterocycles. The highest BCUT2D eigenvalue weighted by Crippen LogP contribution is 2.15. The van der Waals surface area contributed by atoms with Crippen molar-refractivity contribution >= 4 is 5.82 Å². The van der Waals surface area contributed by atoms with Crippen molar-refractivity contribution in [3.63, 3.8) is 0 Å². The van der Waals surface area contributed by atoms with Gasteiger partial charge in [-0.05, 0) is 43.8 Å². The SMILES string of the molecule is CC(C)CCN(CCC(C)C)Cc1cccnc1NN. The van der Waals surface area contributed by atoms with Crippen LogP contribution in [0.5, 0.6) is 0 Å². The fraction of sp³-hybridized carbons (Fsp3) is 0.688. The Morgan fingerprint density at radius 2 is 1.75 bits per heavy atom. The van der Waals surface area contributed by atoms with Crippen LogP contribution in [0.4, 0.5) is 5.82 Å². The van der Waals surface area contributed by atoms with E-state index in [2.05, 4.69) is 49.1 Å². The summed E-state index contributed by atoms with van der Waals surface area (Å²) < 4.78 is 0. The standard InChI is InChI=1S/C16H30N4/c1-13(2)7-10-20(11-8-14(3)4)12-15-6-5-9-18-16(15)19-17/h5-6,9,13-14H,7-8,10-12,17H2,1-4H3,(H,18,19). The first kappa shape index (κ1) is 16.9. The average Bonchev–Trinajstić information content (AvgIpc) is 2.42. The van der Waals surface area contributed by atoms with E-state index in [9.17, 15) is 0 Å². The summed E-state index contributed by atoms with van der Waals surface area (Å²) in [5.41, 5.74) is 3.86. The highest BCUT2D eigenvalue weighted by Gasteiger charge is 2.11. The van der Waals surface area contributed by atoms with E-state index >= 15 is 0 Å². The van der Waals surface area contributed by atoms with Crippen molar-refractivity contribution < 1.29 is 0 Å². The summed E-state index contributed by atoms with van der Waals surface area (Å²) in [4.78, 5) is 6.79. The molecule has 0 aliphatic carbocycles. The Balaban J connectivity index is 2.66. The molecule has 0 bridgehead atoms. The highest BCUT2D eigenvalue weighted by atomic mass is 15.3. The minimum atomic E-state index is 0.734. The molecule has 114 valence electrons. The second-order valence-corrected chi connectivity index (χ2v) is 6.30. The van der Waals surface area contributed by atoms with Gasteiger partial charge in [-0.2, -0.15) is 0 Å². The smallest absolute Gasteiger partial charge is 0.144 e. The first-order valence-corrected chi connectivity index (χ1v) is 7.65. The second kappa shape index (κ2) is 8.93. The van der Waals surface area contributed by atoms with Gasteiger partial charge in [0.2, 0.25) is 0 Å². The number of nitrogens with one attached hydrogen (secondary N) is 1. The molecule has 1 rings (SSSR count). The molecule has 4 heteroatoms. The molecule has 3 N–H and O–H groups in total. The van der Waals surface area contributed by atoms with Crippen molar-refractivity contribution in [2.45, 2.75) is 47.1 Å². The van der Waals surface area contributed by atoms with Crippen LogP contribution in [0, 0.1) is 11.8 Å². The third-order valence-electron chi connectivity index (χ3n) is 3.47. The lowest BCUT2D eigenvalue weighted by Gasteiger charge is -2.25. The molecule has 0 spiro atoms. The van der Waals surface area contributed by atoms with Crippen molar-refractivity contribution in [3.05, 3.63) is 23.9 Å². The first-order chi connectivity index (χ1) is 9.52. The lowest BCUT2D eigenvalue weighted by Crippen LogP contribution is -2.28. The Labute approximate surface area is 123 Å². The predicted octanol–water partition coefficient (Wildman–Crippen LogP) is 3.26. The monoisotopic (exact) mass is 278 g/mol. The number of nitrogens with two attached hydrogens (primary N) is 1. The number of nitrogen functional groups attached to an aromatic ring is 1. The maximum atomic E-state index is 5.54. The molecule has 1 aromatic rings. The van der Waals surface area contributed by atoms with Gasteiger partial charge in [0.15, 0.2) is 0 Å². The number of hydrazine groups is 1. The third kappa shape index (κ3) is 6.35. The van der Waals surface area contributed by atoms with Crippen LogP contribution in [0.2, 0.25) is 0 Å². The molecule has 4 nitrogen and oxygen atoms in total. The van der Waals surface area contributed by atoms with E-state index in [0.29, 0.717) is 0 Å². The number of nitrogens with zero attached hydrogens (tertiary/aromatic N) is 2. The zero-order chi connectivity index (χ0) is 15.0. The van der Waals surface area contributed by atoms with Gasteiger partial charge < -0.3 is 5.43 Å². The van der Waals surface area contributed by atoms with Crippen molar-refractivity contribution in [1.29, 1.82) is 0 Å². The molecule has 1 heterocycles. The van der Waals surface area contributed by atoms with Crippen LogP contribution in [0.25, 0.3) is 0 Å². The summed E-state index contributed by atoms with van der Waals surface area (Å²) in [6.45, 7) is 12.3. The fourth-order valence-corrected chi connectivity index (χ4v) is 2.09. The van der Waals surface area contributed by atoms with E-state index in [1.807, 2.05) is 6.07 Å². The first-order valence-electron chi connectivity index (χ1n) is 7.65. The number of aromatic nitrogens is 1. The Kier molecular flexibility index (Phi) is 7.55. The molecule has 0 unspecified atom stereocenters. The van der Waals surface area contributed by atoms with Gasteiger partial charge >= 0.3 is 0 Å². The minimum Gasteiger partial charge on any atom is -0.308 e. The van der Waals surface area contributed by atoms with Gasteiger partial charge in [0.05, 0.1) is 0 Å². The average molecular weight is 278 g/mol. The zero-order valence-corrected chi connectivity index (χ0v) is 13.4. The van der Waals surface area contributed by atoms with Gasteiger partial charge in [-0.3, -0.25) is 4.90 Å². The zero-order valence-electron chi connectivity index (χ0n) is 13.4. The Morgan fingerprint density at radius 1 is 1.15 bits per heavy atom. The van der Waals surface area contributed by atoms with Crippen molar-refractivity contribution in [1.82, 2.24) is 9.88 Å². The molecule has 0 radical (unpaired) electrons. The summed E-state index contributed by atoms with van der Waals surface area (Å²) in [5.74, 6) is 7.79. The molecule has 0 fully saturated rings. The van der Waals surface area contributed by atoms with Crippen LogP contribution in [0.1, 0.15) is 46.1 Å². The van der Waals surface area contributed by atoms with Crippen LogP contribution in [0.3, 0.4) is 0 Å². The van der Waals surface area contributed by atoms with E-state index in [0.717, 1.165) is 37.3 Å². The van der Waals surface area contributed by atoms with E-state index in [1.165, 1.54) is 18.4 Å². The van der Waals surface area contributed by atoms with Gasteiger partial charge in [-0.15, -0.1) is 0 Å². The van der Waals surface area contributed by atoms with Gasteiger partial charge in [0, 0.05) is 18.3 Å². The van der Waals surface area contributed by atoms with E-state index in [1.54, 1.807) is 6.20 Å². The lowest BCUT2D eigenvalue weighted by molar-refractivity contribution is 0.236. The fourth-order valence-electron chi connectivity index (χ4n) is 2.09. The van der Waals surface area contributed by atoms with Crippen LogP contribution in [-0.2, 0) is 6.54 Å². The van der Waals surface area contributed by atoms with Crippen LogP contribution >= 0.6 is 0 Å². The maximum Gasteiger partial charge on any atom is 0.144 e. The Hall–Kier alpha value is -1.13. The summed E-state index contributed by atoms with van der Waals surface area (Å²) in [5, 5.41) is 0. The molecule has 0 aliphatic rings. The summed E-state index contributed by atoms with van der Waals surface area (Å²) in [6, 6.07) is 4.07. The molecule has 0 atom stereocenters. The molecular formula is C16H30N4. The molecule has 0 aromatic carbocycles. The number of rotatable bonds is 9. The van der Waals surface area contributed by atoms with Crippen molar-refractivity contribution in [2.24, 2.45) is 17.7 Å². The molecule has 1 aromatic heterocycles. The van der Waals surface area contributed by atoms with Gasteiger partial charge in [0.25, 0.3) is 0 Å². The Bertz CT molecular complexity index is 364. The van der Waals surface area contributed by atoms with Crippen LogP contribution < -0.4 is 11.3 Å². The van der Waals surface area contributed by atoms with Gasteiger partial charge in [-0.1, -0.05) is 33.8 Å². The number of hydrogen-bond acceptors (Lipinski definition) is 4. The number of hydrogen-bond donors (Lipinski definition) is 2. The van der Waals surface area contributed by atoms with E-state index < -0.39 is 0 Å². The second-order valence-electron chi connectivity index (χ2n) is 6.30. The van der Waals surface area contributed by atoms with Gasteiger partial charge in [0.1, 0.15) is 5.82 Å². The maximum absolute atomic E-state index is 5.54. The van der Waals surface area contributed by atoms with Crippen LogP contribution in [0.15, 0.2) is 18.3 Å². The topological polar surface area (TPSA) is 54.2 Å². The summed E-state index contributed by atoms with van der Waals surface area (Å²) in [7, 11) is 0. The summed E-state index contributed by atoms with van der Waals surface area (Å²) in [6.07, 6.45) is 4.22. The molecule has 0 saturated carbocycles. The van der Waals surface area contributed by atoms with Crippen LogP contribution in [-0.4, -0.2) is 23.0 Å². The van der Waals surface area contributed by atoms with Crippen molar-refractivity contribution in [2.75, 3.05) is 18.5 Å². The Morgan fingerprint density at radius 3 is 2.25 bits per heavy atom. The number of anilines is 1. The largest absolute Gasteiger partial charge is 0.308 e. The normalized spacial score (nSPS) is 11.6. The molecule has 20 heavy (non-hydrogen) atoms. The lowest BCUT2D eigenvalue weighted by atomic mass is 10.1. The van der Waals surface area contributed by atoms with E-state index in [4.69, 9.17) is 5.84 Å². The predicted molar refractivity (Wildman–Crippen MR) is 86.2 cm³/mol. The molecular weight excluding hydrogens is 248 g/mol. The molecule has 0 amide bonds. The minimum absolute atomic E-state index is 0.734. The van der Waals surface area contributed by atoms with Gasteiger partial charge in [-0.25, -0.2) is 10.8 Å². The number of pyridine rings is 1. The van der Waals surface area contributed by atoms with E-state index in [-0.39, 0.29) is 0 Å². The quantitative estimate of drug-likeness (QED) is 0.538. The summed E-state index contributed by atoms with van der Waals surface area (Å²) >= 11 is 0. The highest BCUT2D eigenvalue weighted by molar-refractivity contribution is 5.42. The third-order valence-corrected chi connectivity index (χ3v) is 3.47. The van der Waals surface area contributed by atoms with Crippen molar-refractivity contribution in [3.8, 4) is 0 Å². The molecule has 0 saturated heterocycles.